The summed E-state index contributed by atoms with van der Waals surface area (Å²) in [6.07, 6.45) is 2.03. The van der Waals surface area contributed by atoms with Crippen LogP contribution in [-0.4, -0.2) is 31.5 Å². The van der Waals surface area contributed by atoms with E-state index in [2.05, 4.69) is 5.32 Å². The van der Waals surface area contributed by atoms with Gasteiger partial charge in [0.2, 0.25) is 11.8 Å². The lowest BCUT2D eigenvalue weighted by molar-refractivity contribution is -0.124. The molecule has 2 aromatic carbocycles. The zero-order valence-corrected chi connectivity index (χ0v) is 15.7. The number of anilines is 1. The molecule has 1 aliphatic heterocycles. The highest BCUT2D eigenvalue weighted by molar-refractivity contribution is 5.99. The number of rotatable bonds is 5. The van der Waals surface area contributed by atoms with Crippen LogP contribution in [0.4, 0.5) is 5.69 Å². The van der Waals surface area contributed by atoms with Crippen LogP contribution in [0.3, 0.4) is 0 Å². The summed E-state index contributed by atoms with van der Waals surface area (Å²) < 4.78 is 5.37. The van der Waals surface area contributed by atoms with E-state index in [1.165, 1.54) is 5.56 Å². The topological polar surface area (TPSA) is 58.6 Å². The van der Waals surface area contributed by atoms with E-state index in [4.69, 9.17) is 4.74 Å². The van der Waals surface area contributed by atoms with E-state index in [0.717, 1.165) is 24.1 Å². The molecule has 0 aromatic heterocycles. The van der Waals surface area contributed by atoms with Crippen molar-refractivity contribution in [3.8, 4) is 5.75 Å². The van der Waals surface area contributed by atoms with Crippen LogP contribution in [0.15, 0.2) is 48.5 Å². The number of nitrogens with zero attached hydrogens (tertiary/aromatic N) is 1. The molecule has 1 atom stereocenters. The minimum absolute atomic E-state index is 0.00461. The number of nitrogens with one attached hydrogen (secondary N) is 1. The molecule has 0 radical (unpaired) electrons. The second-order valence-corrected chi connectivity index (χ2v) is 7.50. The fourth-order valence-electron chi connectivity index (χ4n) is 3.86. The molecule has 1 aliphatic carbocycles. The predicted octanol–water partition coefficient (Wildman–Crippen LogP) is 2.96. The van der Waals surface area contributed by atoms with Crippen molar-refractivity contribution >= 4 is 17.5 Å². The summed E-state index contributed by atoms with van der Waals surface area (Å²) in [5.41, 5.74) is 2.58. The van der Waals surface area contributed by atoms with Gasteiger partial charge >= 0.3 is 0 Å². The highest BCUT2D eigenvalue weighted by atomic mass is 16.5. The Morgan fingerprint density at radius 1 is 1.15 bits per heavy atom. The third kappa shape index (κ3) is 3.18. The molecule has 2 aromatic rings. The maximum Gasteiger partial charge on any atom is 0.230 e. The molecule has 2 fully saturated rings. The molecule has 1 unspecified atom stereocenters. The quantitative estimate of drug-likeness (QED) is 0.887. The molecular formula is C22H24N2O3. The first-order chi connectivity index (χ1) is 13.0. The van der Waals surface area contributed by atoms with Crippen LogP contribution in [0.5, 0.6) is 5.75 Å². The van der Waals surface area contributed by atoms with Crippen LogP contribution in [-0.2, 0) is 15.0 Å². The number of aryl methyl sites for hydroxylation is 1. The van der Waals surface area contributed by atoms with Crippen LogP contribution < -0.4 is 15.0 Å². The number of hydrogen-bond donors (Lipinski definition) is 1. The van der Waals surface area contributed by atoms with Gasteiger partial charge in [0.05, 0.1) is 24.3 Å². The van der Waals surface area contributed by atoms with E-state index >= 15 is 0 Å². The molecular weight excluding hydrogens is 340 g/mol. The van der Waals surface area contributed by atoms with Gasteiger partial charge < -0.3 is 15.0 Å². The van der Waals surface area contributed by atoms with E-state index in [0.29, 0.717) is 18.7 Å². The number of hydrogen-bond acceptors (Lipinski definition) is 3. The predicted molar refractivity (Wildman–Crippen MR) is 104 cm³/mol. The van der Waals surface area contributed by atoms with Crippen molar-refractivity contribution in [2.24, 2.45) is 0 Å². The molecule has 2 aliphatic rings. The van der Waals surface area contributed by atoms with Gasteiger partial charge in [0.25, 0.3) is 0 Å². The van der Waals surface area contributed by atoms with Gasteiger partial charge in [0.1, 0.15) is 5.75 Å². The van der Waals surface area contributed by atoms with Gasteiger partial charge in [-0.05, 0) is 37.5 Å². The van der Waals surface area contributed by atoms with E-state index < -0.39 is 5.41 Å². The number of para-hydroxylation sites is 2. The maximum absolute atomic E-state index is 13.0. The summed E-state index contributed by atoms with van der Waals surface area (Å²) in [4.78, 5) is 27.2. The minimum Gasteiger partial charge on any atom is -0.495 e. The molecule has 1 saturated heterocycles. The molecule has 0 bridgehead atoms. The van der Waals surface area contributed by atoms with Crippen LogP contribution in [0.25, 0.3) is 0 Å². The van der Waals surface area contributed by atoms with Gasteiger partial charge in [-0.25, -0.2) is 0 Å². The molecule has 0 spiro atoms. The number of methoxy groups -OCH3 is 1. The lowest BCUT2D eigenvalue weighted by Gasteiger charge is -2.21. The van der Waals surface area contributed by atoms with Gasteiger partial charge in [-0.1, -0.05) is 42.0 Å². The lowest BCUT2D eigenvalue weighted by Crippen LogP contribution is -2.43. The fourth-order valence-corrected chi connectivity index (χ4v) is 3.86. The van der Waals surface area contributed by atoms with Gasteiger partial charge in [-0.3, -0.25) is 9.59 Å². The molecule has 2 amide bonds. The number of ether oxygens (including phenoxy) is 1. The maximum atomic E-state index is 13.0. The Morgan fingerprint density at radius 3 is 2.52 bits per heavy atom. The first kappa shape index (κ1) is 17.6. The Labute approximate surface area is 159 Å². The van der Waals surface area contributed by atoms with Crippen molar-refractivity contribution in [3.05, 3.63) is 59.7 Å². The highest BCUT2D eigenvalue weighted by Gasteiger charge is 2.52. The number of benzene rings is 2. The van der Waals surface area contributed by atoms with Crippen molar-refractivity contribution in [2.45, 2.75) is 37.6 Å². The standard InChI is InChI=1S/C22H24N2O3/c1-15-7-9-16(10-8-15)22(11-12-22)21(26)23-17-13-20(25)24(14-17)18-5-3-4-6-19(18)27-2/h3-10,17H,11-14H2,1-2H3,(H,23,26). The summed E-state index contributed by atoms with van der Waals surface area (Å²) in [5.74, 6) is 0.701. The molecule has 140 valence electrons. The van der Waals surface area contributed by atoms with Crippen molar-refractivity contribution < 1.29 is 14.3 Å². The lowest BCUT2D eigenvalue weighted by atomic mass is 9.94. The average molecular weight is 364 g/mol. The molecule has 1 saturated carbocycles. The van der Waals surface area contributed by atoms with Crippen LogP contribution >= 0.6 is 0 Å². The first-order valence-corrected chi connectivity index (χ1v) is 9.35. The minimum atomic E-state index is -0.422. The monoisotopic (exact) mass is 364 g/mol. The van der Waals surface area contributed by atoms with Crippen LogP contribution in [0.2, 0.25) is 0 Å². The molecule has 27 heavy (non-hydrogen) atoms. The Balaban J connectivity index is 1.47. The molecule has 5 nitrogen and oxygen atoms in total. The SMILES string of the molecule is COc1ccccc1N1CC(NC(=O)C2(c3ccc(C)cc3)CC2)CC1=O. The molecule has 1 heterocycles. The van der Waals surface area contributed by atoms with Gasteiger partial charge in [0.15, 0.2) is 0 Å². The summed E-state index contributed by atoms with van der Waals surface area (Å²) in [7, 11) is 1.59. The van der Waals surface area contributed by atoms with Gasteiger partial charge in [-0.15, -0.1) is 0 Å². The van der Waals surface area contributed by atoms with Crippen molar-refractivity contribution in [2.75, 3.05) is 18.6 Å². The summed E-state index contributed by atoms with van der Waals surface area (Å²) in [5, 5.41) is 3.12. The fraction of sp³-hybridized carbons (Fsp3) is 0.364. The normalized spacial score (nSPS) is 20.4. The van der Waals surface area contributed by atoms with Crippen LogP contribution in [0.1, 0.15) is 30.4 Å². The van der Waals surface area contributed by atoms with Crippen molar-refractivity contribution in [1.82, 2.24) is 5.32 Å². The number of amides is 2. The zero-order valence-electron chi connectivity index (χ0n) is 15.7. The summed E-state index contributed by atoms with van der Waals surface area (Å²) >= 11 is 0. The largest absolute Gasteiger partial charge is 0.495 e. The molecule has 4 rings (SSSR count). The third-order valence-corrected chi connectivity index (χ3v) is 5.63. The second kappa shape index (κ2) is 6.72. The van der Waals surface area contributed by atoms with E-state index in [9.17, 15) is 9.59 Å². The Hall–Kier alpha value is -2.82. The molecule has 5 heteroatoms. The Morgan fingerprint density at radius 2 is 1.85 bits per heavy atom. The summed E-state index contributed by atoms with van der Waals surface area (Å²) in [6.45, 7) is 2.51. The van der Waals surface area contributed by atoms with Crippen molar-refractivity contribution in [3.63, 3.8) is 0 Å². The molecule has 1 N–H and O–H groups in total. The number of carbonyl (C=O) groups excluding carboxylic acids is 2. The van der Waals surface area contributed by atoms with Gasteiger partial charge in [-0.2, -0.15) is 0 Å². The van der Waals surface area contributed by atoms with E-state index in [1.54, 1.807) is 12.0 Å². The van der Waals surface area contributed by atoms with Crippen LogP contribution in [0, 0.1) is 6.92 Å². The van der Waals surface area contributed by atoms with Gasteiger partial charge in [0, 0.05) is 13.0 Å². The van der Waals surface area contributed by atoms with E-state index in [1.807, 2.05) is 55.5 Å². The Bertz CT molecular complexity index is 871. The van der Waals surface area contributed by atoms with Crippen molar-refractivity contribution in [1.29, 1.82) is 0 Å². The summed E-state index contributed by atoms with van der Waals surface area (Å²) in [6, 6.07) is 15.5. The third-order valence-electron chi connectivity index (χ3n) is 5.63. The average Bonchev–Trinajstić information content (AvgIpc) is 3.41. The zero-order chi connectivity index (χ0) is 19.0. The highest BCUT2D eigenvalue weighted by Crippen LogP contribution is 2.48. The smallest absolute Gasteiger partial charge is 0.230 e. The first-order valence-electron chi connectivity index (χ1n) is 9.35. The Kier molecular flexibility index (Phi) is 4.38. The second-order valence-electron chi connectivity index (χ2n) is 7.50. The number of carbonyl (C=O) groups is 2. The van der Waals surface area contributed by atoms with E-state index in [-0.39, 0.29) is 17.9 Å².